The highest BCUT2D eigenvalue weighted by Gasteiger charge is 2.12. The molecule has 1 heterocycles. The Hall–Kier alpha value is -1.32. The standard InChI is InChI=1S/C17H16BrClN2/c1-12-3-2-4-15-17(12)21(16(20-15)9-10-19)11-13-5-7-14(18)8-6-13/h2-8H,9-11H2,1H3. The fourth-order valence-corrected chi connectivity index (χ4v) is 3.06. The molecular formula is C17H16BrClN2. The second-order valence-electron chi connectivity index (χ2n) is 5.12. The van der Waals surface area contributed by atoms with Gasteiger partial charge in [-0.25, -0.2) is 4.98 Å². The van der Waals surface area contributed by atoms with Crippen molar-refractivity contribution in [3.63, 3.8) is 0 Å². The summed E-state index contributed by atoms with van der Waals surface area (Å²) in [6.45, 7) is 2.95. The van der Waals surface area contributed by atoms with Crippen LogP contribution in [0.5, 0.6) is 0 Å². The minimum absolute atomic E-state index is 0.586. The minimum atomic E-state index is 0.586. The van der Waals surface area contributed by atoms with Gasteiger partial charge in [-0.05, 0) is 36.2 Å². The summed E-state index contributed by atoms with van der Waals surface area (Å²) in [6.07, 6.45) is 0.784. The van der Waals surface area contributed by atoms with Crippen LogP contribution in [-0.2, 0) is 13.0 Å². The number of imidazole rings is 1. The summed E-state index contributed by atoms with van der Waals surface area (Å²) in [5.41, 5.74) is 4.77. The van der Waals surface area contributed by atoms with E-state index < -0.39 is 0 Å². The molecule has 4 heteroatoms. The van der Waals surface area contributed by atoms with Crippen molar-refractivity contribution in [3.8, 4) is 0 Å². The zero-order valence-corrected chi connectivity index (χ0v) is 14.2. The van der Waals surface area contributed by atoms with Gasteiger partial charge in [-0.2, -0.15) is 0 Å². The number of para-hydroxylation sites is 1. The predicted molar refractivity (Wildman–Crippen MR) is 92.1 cm³/mol. The van der Waals surface area contributed by atoms with Gasteiger partial charge in [-0.3, -0.25) is 0 Å². The molecule has 108 valence electrons. The molecule has 0 aliphatic heterocycles. The fraction of sp³-hybridized carbons (Fsp3) is 0.235. The Labute approximate surface area is 137 Å². The van der Waals surface area contributed by atoms with E-state index in [1.807, 2.05) is 0 Å². The first-order valence-electron chi connectivity index (χ1n) is 6.94. The van der Waals surface area contributed by atoms with Crippen LogP contribution in [-0.4, -0.2) is 15.4 Å². The molecule has 0 bridgehead atoms. The van der Waals surface area contributed by atoms with Gasteiger partial charge in [0.05, 0.1) is 11.0 Å². The van der Waals surface area contributed by atoms with Crippen molar-refractivity contribution in [1.29, 1.82) is 0 Å². The van der Waals surface area contributed by atoms with Gasteiger partial charge in [0.2, 0.25) is 0 Å². The zero-order chi connectivity index (χ0) is 14.8. The highest BCUT2D eigenvalue weighted by atomic mass is 79.9. The summed E-state index contributed by atoms with van der Waals surface area (Å²) in [4.78, 5) is 4.75. The van der Waals surface area contributed by atoms with Crippen LogP contribution in [0.25, 0.3) is 11.0 Å². The van der Waals surface area contributed by atoms with Crippen molar-refractivity contribution >= 4 is 38.6 Å². The number of fused-ring (bicyclic) bond motifs is 1. The van der Waals surface area contributed by atoms with Crippen LogP contribution in [0.3, 0.4) is 0 Å². The Balaban J connectivity index is 2.10. The van der Waals surface area contributed by atoms with E-state index >= 15 is 0 Å². The van der Waals surface area contributed by atoms with E-state index in [4.69, 9.17) is 16.6 Å². The molecule has 2 aromatic carbocycles. The van der Waals surface area contributed by atoms with Crippen molar-refractivity contribution in [2.45, 2.75) is 19.9 Å². The van der Waals surface area contributed by atoms with Gasteiger partial charge >= 0.3 is 0 Å². The van der Waals surface area contributed by atoms with Gasteiger partial charge in [0, 0.05) is 23.3 Å². The first kappa shape index (κ1) is 14.6. The Morgan fingerprint density at radius 1 is 1.14 bits per heavy atom. The van der Waals surface area contributed by atoms with Crippen LogP contribution in [0.1, 0.15) is 17.0 Å². The number of hydrogen-bond acceptors (Lipinski definition) is 1. The molecule has 21 heavy (non-hydrogen) atoms. The van der Waals surface area contributed by atoms with Gasteiger partial charge in [0.1, 0.15) is 5.82 Å². The summed E-state index contributed by atoms with van der Waals surface area (Å²) >= 11 is 9.42. The van der Waals surface area contributed by atoms with E-state index in [0.29, 0.717) is 5.88 Å². The maximum atomic E-state index is 5.94. The first-order valence-corrected chi connectivity index (χ1v) is 8.27. The molecule has 3 rings (SSSR count). The molecule has 1 aromatic heterocycles. The Morgan fingerprint density at radius 3 is 2.62 bits per heavy atom. The lowest BCUT2D eigenvalue weighted by molar-refractivity contribution is 0.753. The minimum Gasteiger partial charge on any atom is -0.323 e. The molecule has 3 aromatic rings. The van der Waals surface area contributed by atoms with E-state index in [2.05, 4.69) is 69.9 Å². The lowest BCUT2D eigenvalue weighted by Gasteiger charge is -2.10. The van der Waals surface area contributed by atoms with Gasteiger partial charge in [-0.1, -0.05) is 40.2 Å². The molecule has 2 nitrogen and oxygen atoms in total. The molecule has 0 radical (unpaired) electrons. The average Bonchev–Trinajstić information content (AvgIpc) is 2.81. The molecule has 0 unspecified atom stereocenters. The molecule has 0 saturated carbocycles. The van der Waals surface area contributed by atoms with E-state index in [-0.39, 0.29) is 0 Å². The first-order chi connectivity index (χ1) is 10.2. The summed E-state index contributed by atoms with van der Waals surface area (Å²) in [7, 11) is 0. The van der Waals surface area contributed by atoms with Crippen LogP contribution in [0.15, 0.2) is 46.9 Å². The second-order valence-corrected chi connectivity index (χ2v) is 6.42. The number of hydrogen-bond donors (Lipinski definition) is 0. The summed E-state index contributed by atoms with van der Waals surface area (Å²) < 4.78 is 3.38. The van der Waals surface area contributed by atoms with Crippen LogP contribution in [0.4, 0.5) is 0 Å². The Morgan fingerprint density at radius 2 is 1.90 bits per heavy atom. The van der Waals surface area contributed by atoms with E-state index in [9.17, 15) is 0 Å². The number of alkyl halides is 1. The normalized spacial score (nSPS) is 11.2. The third-order valence-electron chi connectivity index (χ3n) is 3.62. The molecular weight excluding hydrogens is 348 g/mol. The number of nitrogens with zero attached hydrogens (tertiary/aromatic N) is 2. The number of aryl methyl sites for hydroxylation is 2. The highest BCUT2D eigenvalue weighted by Crippen LogP contribution is 2.22. The fourth-order valence-electron chi connectivity index (χ4n) is 2.63. The lowest BCUT2D eigenvalue weighted by Crippen LogP contribution is -2.06. The summed E-state index contributed by atoms with van der Waals surface area (Å²) in [6, 6.07) is 14.7. The van der Waals surface area contributed by atoms with E-state index in [1.54, 1.807) is 0 Å². The maximum Gasteiger partial charge on any atom is 0.111 e. The molecule has 0 aliphatic rings. The SMILES string of the molecule is Cc1cccc2nc(CCCl)n(Cc3ccc(Br)cc3)c12. The average molecular weight is 364 g/mol. The molecule has 0 fully saturated rings. The maximum absolute atomic E-state index is 5.94. The quantitative estimate of drug-likeness (QED) is 0.601. The highest BCUT2D eigenvalue weighted by molar-refractivity contribution is 9.10. The topological polar surface area (TPSA) is 17.8 Å². The molecule has 0 saturated heterocycles. The molecule has 0 N–H and O–H groups in total. The van der Waals surface area contributed by atoms with Crippen molar-refractivity contribution in [2.75, 3.05) is 5.88 Å². The predicted octanol–water partition coefficient (Wildman–Crippen LogP) is 4.94. The van der Waals surface area contributed by atoms with Gasteiger partial charge < -0.3 is 4.57 Å². The van der Waals surface area contributed by atoms with E-state index in [1.165, 1.54) is 16.6 Å². The number of halogens is 2. The van der Waals surface area contributed by atoms with Crippen LogP contribution in [0.2, 0.25) is 0 Å². The Bertz CT molecular complexity index is 762. The molecule has 0 spiro atoms. The number of benzene rings is 2. The van der Waals surface area contributed by atoms with E-state index in [0.717, 1.165) is 28.8 Å². The van der Waals surface area contributed by atoms with Crippen molar-refractivity contribution in [3.05, 3.63) is 63.9 Å². The van der Waals surface area contributed by atoms with Gasteiger partial charge in [0.15, 0.2) is 0 Å². The zero-order valence-electron chi connectivity index (χ0n) is 11.8. The van der Waals surface area contributed by atoms with Gasteiger partial charge in [0.25, 0.3) is 0 Å². The number of rotatable bonds is 4. The molecule has 0 atom stereocenters. The van der Waals surface area contributed by atoms with Crippen LogP contribution in [0, 0.1) is 6.92 Å². The number of aromatic nitrogens is 2. The third kappa shape index (κ3) is 2.99. The second kappa shape index (κ2) is 6.20. The Kier molecular flexibility index (Phi) is 4.32. The van der Waals surface area contributed by atoms with Gasteiger partial charge in [-0.15, -0.1) is 11.6 Å². The molecule has 0 aliphatic carbocycles. The smallest absolute Gasteiger partial charge is 0.111 e. The van der Waals surface area contributed by atoms with Crippen LogP contribution < -0.4 is 0 Å². The monoisotopic (exact) mass is 362 g/mol. The molecule has 0 amide bonds. The summed E-state index contributed by atoms with van der Waals surface area (Å²) in [5, 5.41) is 0. The van der Waals surface area contributed by atoms with Crippen LogP contribution >= 0.6 is 27.5 Å². The van der Waals surface area contributed by atoms with Crippen molar-refractivity contribution < 1.29 is 0 Å². The van der Waals surface area contributed by atoms with Crippen molar-refractivity contribution in [2.24, 2.45) is 0 Å². The third-order valence-corrected chi connectivity index (χ3v) is 4.34. The lowest BCUT2D eigenvalue weighted by atomic mass is 10.2. The summed E-state index contributed by atoms with van der Waals surface area (Å²) in [5.74, 6) is 1.64. The largest absolute Gasteiger partial charge is 0.323 e. The van der Waals surface area contributed by atoms with Crippen molar-refractivity contribution in [1.82, 2.24) is 9.55 Å².